The van der Waals surface area contributed by atoms with E-state index in [4.69, 9.17) is 0 Å². The van der Waals surface area contributed by atoms with Crippen molar-refractivity contribution in [3.8, 4) is 0 Å². The minimum absolute atomic E-state index is 0.227. The molecule has 1 aliphatic carbocycles. The summed E-state index contributed by atoms with van der Waals surface area (Å²) in [7, 11) is 0. The zero-order valence-corrected chi connectivity index (χ0v) is 9.53. The lowest BCUT2D eigenvalue weighted by Gasteiger charge is -2.12. The molecule has 2 heteroatoms. The SMILES string of the molecule is CCC(=O)C(C)SCC1CCCC1. The normalized spacial score (nSPS) is 20.5. The molecule has 0 aromatic carbocycles. The van der Waals surface area contributed by atoms with Gasteiger partial charge in [-0.1, -0.05) is 19.8 Å². The average molecular weight is 200 g/mol. The molecule has 0 spiro atoms. The number of hydrogen-bond donors (Lipinski definition) is 0. The highest BCUT2D eigenvalue weighted by molar-refractivity contribution is 8.00. The number of Topliss-reactive ketones (excluding diaryl/α,β-unsaturated/α-hetero) is 1. The minimum atomic E-state index is 0.227. The highest BCUT2D eigenvalue weighted by atomic mass is 32.2. The molecule has 1 nitrogen and oxygen atoms in total. The molecule has 76 valence electrons. The number of thioether (sulfide) groups is 1. The maximum Gasteiger partial charge on any atom is 0.145 e. The lowest BCUT2D eigenvalue weighted by atomic mass is 10.1. The van der Waals surface area contributed by atoms with Gasteiger partial charge in [-0.15, -0.1) is 0 Å². The van der Waals surface area contributed by atoms with Gasteiger partial charge in [0.25, 0.3) is 0 Å². The van der Waals surface area contributed by atoms with Crippen molar-refractivity contribution in [1.29, 1.82) is 0 Å². The van der Waals surface area contributed by atoms with Crippen LogP contribution in [0, 0.1) is 5.92 Å². The van der Waals surface area contributed by atoms with Crippen molar-refractivity contribution in [2.24, 2.45) is 5.92 Å². The van der Waals surface area contributed by atoms with E-state index in [9.17, 15) is 4.79 Å². The average Bonchev–Trinajstić information content (AvgIpc) is 2.65. The van der Waals surface area contributed by atoms with E-state index in [2.05, 4.69) is 0 Å². The van der Waals surface area contributed by atoms with Crippen molar-refractivity contribution in [2.45, 2.75) is 51.2 Å². The fourth-order valence-electron chi connectivity index (χ4n) is 1.84. The molecule has 0 saturated heterocycles. The monoisotopic (exact) mass is 200 g/mol. The van der Waals surface area contributed by atoms with E-state index in [1.807, 2.05) is 25.6 Å². The van der Waals surface area contributed by atoms with Crippen molar-refractivity contribution in [2.75, 3.05) is 5.75 Å². The Morgan fingerprint density at radius 2 is 2.08 bits per heavy atom. The first kappa shape index (κ1) is 11.1. The number of rotatable bonds is 5. The van der Waals surface area contributed by atoms with Crippen LogP contribution in [-0.4, -0.2) is 16.8 Å². The van der Waals surface area contributed by atoms with E-state index in [1.54, 1.807) is 0 Å². The third kappa shape index (κ3) is 3.72. The zero-order valence-electron chi connectivity index (χ0n) is 8.71. The van der Waals surface area contributed by atoms with Gasteiger partial charge in [-0.05, 0) is 31.4 Å². The second-order valence-electron chi connectivity index (χ2n) is 3.95. The second kappa shape index (κ2) is 5.69. The Morgan fingerprint density at radius 1 is 1.46 bits per heavy atom. The number of carbonyl (C=O) groups excluding carboxylic acids is 1. The van der Waals surface area contributed by atoms with Crippen LogP contribution in [0.4, 0.5) is 0 Å². The molecule has 1 fully saturated rings. The van der Waals surface area contributed by atoms with Crippen LogP contribution in [0.15, 0.2) is 0 Å². The number of ketones is 1. The third-order valence-electron chi connectivity index (χ3n) is 2.86. The van der Waals surface area contributed by atoms with Crippen molar-refractivity contribution in [1.82, 2.24) is 0 Å². The molecule has 1 aliphatic rings. The molecule has 1 atom stereocenters. The molecule has 0 aromatic heterocycles. The molecule has 1 rings (SSSR count). The van der Waals surface area contributed by atoms with Crippen molar-refractivity contribution < 1.29 is 4.79 Å². The molecule has 0 heterocycles. The van der Waals surface area contributed by atoms with Gasteiger partial charge in [-0.3, -0.25) is 4.79 Å². The van der Waals surface area contributed by atoms with Crippen LogP contribution in [-0.2, 0) is 4.79 Å². The van der Waals surface area contributed by atoms with E-state index >= 15 is 0 Å². The van der Waals surface area contributed by atoms with Crippen LogP contribution in [0.5, 0.6) is 0 Å². The van der Waals surface area contributed by atoms with Gasteiger partial charge in [-0.2, -0.15) is 11.8 Å². The van der Waals surface area contributed by atoms with Crippen molar-refractivity contribution in [3.63, 3.8) is 0 Å². The fourth-order valence-corrected chi connectivity index (χ4v) is 3.08. The summed E-state index contributed by atoms with van der Waals surface area (Å²) in [6.45, 7) is 4.00. The maximum absolute atomic E-state index is 11.3. The van der Waals surface area contributed by atoms with Crippen molar-refractivity contribution >= 4 is 17.5 Å². The van der Waals surface area contributed by atoms with Gasteiger partial charge in [0.05, 0.1) is 5.25 Å². The molecule has 0 aromatic rings. The lowest BCUT2D eigenvalue weighted by Crippen LogP contribution is -2.13. The molecular weight excluding hydrogens is 180 g/mol. The molecule has 0 radical (unpaired) electrons. The smallest absolute Gasteiger partial charge is 0.145 e. The van der Waals surface area contributed by atoms with Crippen LogP contribution in [0.1, 0.15) is 46.0 Å². The quantitative estimate of drug-likeness (QED) is 0.677. The molecule has 0 aliphatic heterocycles. The third-order valence-corrected chi connectivity index (χ3v) is 4.29. The predicted molar refractivity (Wildman–Crippen MR) is 59.2 cm³/mol. The van der Waals surface area contributed by atoms with Gasteiger partial charge >= 0.3 is 0 Å². The van der Waals surface area contributed by atoms with Gasteiger partial charge in [-0.25, -0.2) is 0 Å². The Hall–Kier alpha value is 0.0200. The first-order chi connectivity index (χ1) is 6.24. The van der Waals surface area contributed by atoms with Gasteiger partial charge in [0.15, 0.2) is 0 Å². The van der Waals surface area contributed by atoms with Gasteiger partial charge in [0, 0.05) is 6.42 Å². The van der Waals surface area contributed by atoms with Crippen LogP contribution in [0.3, 0.4) is 0 Å². The van der Waals surface area contributed by atoms with Crippen LogP contribution >= 0.6 is 11.8 Å². The highest BCUT2D eigenvalue weighted by Gasteiger charge is 2.18. The molecule has 0 bridgehead atoms. The Kier molecular flexibility index (Phi) is 4.86. The predicted octanol–water partition coefficient (Wildman–Crippen LogP) is 3.28. The minimum Gasteiger partial charge on any atom is -0.298 e. The second-order valence-corrected chi connectivity index (χ2v) is 5.32. The first-order valence-electron chi connectivity index (χ1n) is 5.38. The lowest BCUT2D eigenvalue weighted by molar-refractivity contribution is -0.117. The fraction of sp³-hybridized carbons (Fsp3) is 0.909. The van der Waals surface area contributed by atoms with Gasteiger partial charge in [0.2, 0.25) is 0 Å². The van der Waals surface area contributed by atoms with E-state index < -0.39 is 0 Å². The summed E-state index contributed by atoms with van der Waals surface area (Å²) >= 11 is 1.86. The Labute approximate surface area is 85.7 Å². The summed E-state index contributed by atoms with van der Waals surface area (Å²) in [6, 6.07) is 0. The topological polar surface area (TPSA) is 17.1 Å². The van der Waals surface area contributed by atoms with Gasteiger partial charge in [0.1, 0.15) is 5.78 Å². The number of carbonyl (C=O) groups is 1. The van der Waals surface area contributed by atoms with Gasteiger partial charge < -0.3 is 0 Å². The summed E-state index contributed by atoms with van der Waals surface area (Å²) in [6.07, 6.45) is 6.28. The maximum atomic E-state index is 11.3. The van der Waals surface area contributed by atoms with Crippen LogP contribution < -0.4 is 0 Å². The summed E-state index contributed by atoms with van der Waals surface area (Å²) in [4.78, 5) is 11.3. The Bertz CT molecular complexity index is 161. The van der Waals surface area contributed by atoms with E-state index in [0.717, 1.165) is 5.92 Å². The first-order valence-corrected chi connectivity index (χ1v) is 6.43. The molecule has 0 amide bonds. The molecule has 1 unspecified atom stereocenters. The summed E-state index contributed by atoms with van der Waals surface area (Å²) in [5, 5.41) is 0.227. The summed E-state index contributed by atoms with van der Waals surface area (Å²) in [5.74, 6) is 2.51. The molecule has 13 heavy (non-hydrogen) atoms. The van der Waals surface area contributed by atoms with E-state index in [-0.39, 0.29) is 5.25 Å². The Morgan fingerprint density at radius 3 is 2.62 bits per heavy atom. The van der Waals surface area contributed by atoms with E-state index in [0.29, 0.717) is 12.2 Å². The Balaban J connectivity index is 2.13. The molecule has 1 saturated carbocycles. The van der Waals surface area contributed by atoms with Crippen molar-refractivity contribution in [3.05, 3.63) is 0 Å². The zero-order chi connectivity index (χ0) is 9.68. The highest BCUT2D eigenvalue weighted by Crippen LogP contribution is 2.29. The molecular formula is C11H20OS. The standard InChI is InChI=1S/C11H20OS/c1-3-11(12)9(2)13-8-10-6-4-5-7-10/h9-10H,3-8H2,1-2H3. The summed E-state index contributed by atoms with van der Waals surface area (Å²) in [5.41, 5.74) is 0. The van der Waals surface area contributed by atoms with E-state index in [1.165, 1.54) is 31.4 Å². The van der Waals surface area contributed by atoms with Crippen LogP contribution in [0.25, 0.3) is 0 Å². The summed E-state index contributed by atoms with van der Waals surface area (Å²) < 4.78 is 0. The molecule has 0 N–H and O–H groups in total. The van der Waals surface area contributed by atoms with Crippen LogP contribution in [0.2, 0.25) is 0 Å². The number of hydrogen-bond acceptors (Lipinski definition) is 2. The largest absolute Gasteiger partial charge is 0.298 e.